The zero-order valence-electron chi connectivity index (χ0n) is 13.2. The fraction of sp³-hybridized carbons (Fsp3) is 0.400. The lowest BCUT2D eigenvalue weighted by molar-refractivity contribution is -0.146. The van der Waals surface area contributed by atoms with Crippen molar-refractivity contribution < 1.29 is 13.2 Å². The zero-order valence-corrected chi connectivity index (χ0v) is 13.2. The molecule has 7 nitrogen and oxygen atoms in total. The normalized spacial score (nSPS) is 16.7. The van der Waals surface area contributed by atoms with E-state index >= 15 is 0 Å². The number of fused-ring (bicyclic) bond motifs is 1. The van der Waals surface area contributed by atoms with Crippen LogP contribution in [0.15, 0.2) is 30.6 Å². The second-order valence-electron chi connectivity index (χ2n) is 5.97. The quantitative estimate of drug-likeness (QED) is 0.779. The minimum atomic E-state index is -4.58. The maximum Gasteiger partial charge on any atom is 0.453 e. The number of aromatic nitrogens is 5. The van der Waals surface area contributed by atoms with Crippen LogP contribution in [-0.2, 0) is 12.7 Å². The molecule has 1 N–H and O–H groups in total. The summed E-state index contributed by atoms with van der Waals surface area (Å²) < 4.78 is 39.7. The average molecular weight is 351 g/mol. The summed E-state index contributed by atoms with van der Waals surface area (Å²) in [6, 6.07) is 5.23. The molecule has 4 rings (SSSR count). The Morgan fingerprint density at radius 3 is 2.52 bits per heavy atom. The molecule has 0 bridgehead atoms. The van der Waals surface area contributed by atoms with E-state index in [4.69, 9.17) is 0 Å². The molecule has 0 aromatic carbocycles. The molecule has 25 heavy (non-hydrogen) atoms. The van der Waals surface area contributed by atoms with Crippen LogP contribution in [0, 0.1) is 0 Å². The van der Waals surface area contributed by atoms with Crippen molar-refractivity contribution in [3.8, 4) is 0 Å². The van der Waals surface area contributed by atoms with Crippen LogP contribution in [0.4, 0.5) is 19.0 Å². The van der Waals surface area contributed by atoms with Gasteiger partial charge in [-0.2, -0.15) is 17.7 Å². The molecule has 132 valence electrons. The van der Waals surface area contributed by atoms with Crippen molar-refractivity contribution in [1.29, 1.82) is 0 Å². The van der Waals surface area contributed by atoms with Crippen molar-refractivity contribution in [2.45, 2.75) is 12.7 Å². The van der Waals surface area contributed by atoms with E-state index in [0.29, 0.717) is 18.9 Å². The van der Waals surface area contributed by atoms with E-state index in [0.717, 1.165) is 24.1 Å². The van der Waals surface area contributed by atoms with Gasteiger partial charge in [-0.1, -0.05) is 0 Å². The topological polar surface area (TPSA) is 65.4 Å². The van der Waals surface area contributed by atoms with Crippen molar-refractivity contribution in [3.05, 3.63) is 42.0 Å². The molecule has 0 saturated carbocycles. The van der Waals surface area contributed by atoms with E-state index < -0.39 is 12.0 Å². The van der Waals surface area contributed by atoms with Crippen molar-refractivity contribution in [3.63, 3.8) is 0 Å². The molecule has 1 fully saturated rings. The number of rotatable bonds is 3. The SMILES string of the molecule is FC(F)(F)c1nnc2ccc(N3CCN(Cc4cc[nH]c4)CC3)nn12. The van der Waals surface area contributed by atoms with E-state index in [1.165, 1.54) is 11.6 Å². The summed E-state index contributed by atoms with van der Waals surface area (Å²) in [4.78, 5) is 7.32. The first-order chi connectivity index (χ1) is 12.0. The number of nitrogens with zero attached hydrogens (tertiary/aromatic N) is 6. The minimum absolute atomic E-state index is 0.0853. The highest BCUT2D eigenvalue weighted by molar-refractivity contribution is 5.46. The van der Waals surface area contributed by atoms with E-state index in [1.807, 2.05) is 23.4 Å². The summed E-state index contributed by atoms with van der Waals surface area (Å²) >= 11 is 0. The lowest BCUT2D eigenvalue weighted by Gasteiger charge is -2.35. The van der Waals surface area contributed by atoms with Crippen LogP contribution >= 0.6 is 0 Å². The first-order valence-electron chi connectivity index (χ1n) is 7.89. The summed E-state index contributed by atoms with van der Waals surface area (Å²) in [6.45, 7) is 3.89. The van der Waals surface area contributed by atoms with Crippen molar-refractivity contribution in [1.82, 2.24) is 29.7 Å². The highest BCUT2D eigenvalue weighted by Gasteiger charge is 2.37. The molecule has 0 atom stereocenters. The number of nitrogens with one attached hydrogen (secondary N) is 1. The van der Waals surface area contributed by atoms with Gasteiger partial charge in [-0.3, -0.25) is 4.90 Å². The lowest BCUT2D eigenvalue weighted by atomic mass is 10.2. The Hall–Kier alpha value is -2.62. The molecule has 3 aromatic heterocycles. The Balaban J connectivity index is 1.49. The van der Waals surface area contributed by atoms with Crippen LogP contribution in [-0.4, -0.2) is 55.9 Å². The fourth-order valence-corrected chi connectivity index (χ4v) is 2.97. The smallest absolute Gasteiger partial charge is 0.367 e. The molecule has 4 heterocycles. The van der Waals surface area contributed by atoms with Crippen LogP contribution in [0.2, 0.25) is 0 Å². The second-order valence-corrected chi connectivity index (χ2v) is 5.97. The molecule has 1 aliphatic rings. The number of alkyl halides is 3. The summed E-state index contributed by atoms with van der Waals surface area (Å²) in [5.74, 6) is -0.602. The molecule has 0 aliphatic carbocycles. The van der Waals surface area contributed by atoms with Gasteiger partial charge in [0.1, 0.15) is 5.82 Å². The molecule has 0 spiro atoms. The fourth-order valence-electron chi connectivity index (χ4n) is 2.97. The Kier molecular flexibility index (Phi) is 3.83. The van der Waals surface area contributed by atoms with Gasteiger partial charge in [-0.15, -0.1) is 15.3 Å². The van der Waals surface area contributed by atoms with Gasteiger partial charge in [-0.05, 0) is 23.8 Å². The van der Waals surface area contributed by atoms with Crippen molar-refractivity contribution >= 4 is 11.5 Å². The standard InChI is InChI=1S/C15H16F3N7/c16-15(17,18)14-21-20-12-1-2-13(22-25(12)14)24-7-5-23(6-8-24)10-11-3-4-19-9-11/h1-4,9,19H,5-8,10H2. The number of piperazine rings is 1. The highest BCUT2D eigenvalue weighted by atomic mass is 19.4. The summed E-state index contributed by atoms with van der Waals surface area (Å²) in [5.41, 5.74) is 1.30. The number of hydrogen-bond acceptors (Lipinski definition) is 5. The number of aromatic amines is 1. The summed E-state index contributed by atoms with van der Waals surface area (Å²) in [6.07, 6.45) is -0.727. The third kappa shape index (κ3) is 3.16. The summed E-state index contributed by atoms with van der Waals surface area (Å²) in [5, 5.41) is 10.8. The van der Waals surface area contributed by atoms with Gasteiger partial charge in [0.15, 0.2) is 5.65 Å². The summed E-state index contributed by atoms with van der Waals surface area (Å²) in [7, 11) is 0. The van der Waals surface area contributed by atoms with Gasteiger partial charge in [-0.25, -0.2) is 0 Å². The number of halogens is 3. The molecule has 10 heteroatoms. The first kappa shape index (κ1) is 15.9. The van der Waals surface area contributed by atoms with Crippen LogP contribution in [0.3, 0.4) is 0 Å². The van der Waals surface area contributed by atoms with E-state index in [9.17, 15) is 13.2 Å². The Labute approximate surface area is 141 Å². The monoisotopic (exact) mass is 351 g/mol. The van der Waals surface area contributed by atoms with Gasteiger partial charge < -0.3 is 9.88 Å². The molecular formula is C15H16F3N7. The van der Waals surface area contributed by atoms with Crippen LogP contribution in [0.25, 0.3) is 5.65 Å². The van der Waals surface area contributed by atoms with E-state index in [1.54, 1.807) is 6.07 Å². The Bertz CT molecular complexity index is 848. The van der Waals surface area contributed by atoms with Gasteiger partial charge in [0.2, 0.25) is 0 Å². The van der Waals surface area contributed by atoms with Crippen LogP contribution < -0.4 is 4.90 Å². The van der Waals surface area contributed by atoms with Crippen LogP contribution in [0.5, 0.6) is 0 Å². The Morgan fingerprint density at radius 2 is 1.84 bits per heavy atom. The third-order valence-electron chi connectivity index (χ3n) is 4.27. The minimum Gasteiger partial charge on any atom is -0.367 e. The van der Waals surface area contributed by atoms with Gasteiger partial charge in [0, 0.05) is 45.1 Å². The second kappa shape index (κ2) is 6.03. The molecular weight excluding hydrogens is 335 g/mol. The maximum absolute atomic E-state index is 13.0. The van der Waals surface area contributed by atoms with E-state index in [-0.39, 0.29) is 5.65 Å². The molecule has 0 unspecified atom stereocenters. The number of hydrogen-bond donors (Lipinski definition) is 1. The largest absolute Gasteiger partial charge is 0.453 e. The number of H-pyrrole nitrogens is 1. The predicted octanol–water partition coefficient (Wildman–Crippen LogP) is 1.79. The zero-order chi connectivity index (χ0) is 17.4. The maximum atomic E-state index is 13.0. The lowest BCUT2D eigenvalue weighted by Crippen LogP contribution is -2.46. The highest BCUT2D eigenvalue weighted by Crippen LogP contribution is 2.28. The molecule has 0 amide bonds. The van der Waals surface area contributed by atoms with Gasteiger partial charge in [0.25, 0.3) is 5.82 Å². The number of anilines is 1. The first-order valence-corrected chi connectivity index (χ1v) is 7.89. The van der Waals surface area contributed by atoms with Gasteiger partial charge >= 0.3 is 6.18 Å². The molecule has 1 saturated heterocycles. The van der Waals surface area contributed by atoms with Crippen molar-refractivity contribution in [2.24, 2.45) is 0 Å². The van der Waals surface area contributed by atoms with E-state index in [2.05, 4.69) is 25.2 Å². The average Bonchev–Trinajstić information content (AvgIpc) is 3.23. The predicted molar refractivity (Wildman–Crippen MR) is 84.1 cm³/mol. The molecule has 3 aromatic rings. The van der Waals surface area contributed by atoms with Crippen LogP contribution in [0.1, 0.15) is 11.4 Å². The molecule has 1 aliphatic heterocycles. The Morgan fingerprint density at radius 1 is 1.04 bits per heavy atom. The third-order valence-corrected chi connectivity index (χ3v) is 4.27. The van der Waals surface area contributed by atoms with Gasteiger partial charge in [0.05, 0.1) is 0 Å². The molecule has 0 radical (unpaired) electrons. The van der Waals surface area contributed by atoms with Crippen molar-refractivity contribution in [2.75, 3.05) is 31.1 Å².